The number of nitrogens with zero attached hydrogens (tertiary/aromatic N) is 1. The number of anilines is 1. The van der Waals surface area contributed by atoms with E-state index >= 15 is 0 Å². The SMILES string of the molecule is Cc1cc(C(=O)Nc2ccc(S(C)(=O)=O)cc2)c2ccc(F)cc2n1. The summed E-state index contributed by atoms with van der Waals surface area (Å²) in [5, 5.41) is 3.25. The highest BCUT2D eigenvalue weighted by atomic mass is 32.2. The van der Waals surface area contributed by atoms with Crippen LogP contribution in [0, 0.1) is 12.7 Å². The number of aryl methyl sites for hydroxylation is 1. The number of nitrogens with one attached hydrogen (secondary N) is 1. The molecule has 7 heteroatoms. The Bertz CT molecular complexity index is 1070. The standard InChI is InChI=1S/C18H15FN2O3S/c1-11-9-16(15-8-3-12(19)10-17(15)20-11)18(22)21-13-4-6-14(7-5-13)25(2,23)24/h3-10H,1-2H3,(H,21,22). The van der Waals surface area contributed by atoms with Gasteiger partial charge in [0.2, 0.25) is 0 Å². The monoisotopic (exact) mass is 358 g/mol. The van der Waals surface area contributed by atoms with Crippen LogP contribution >= 0.6 is 0 Å². The number of pyridine rings is 1. The van der Waals surface area contributed by atoms with Crippen molar-refractivity contribution in [2.75, 3.05) is 11.6 Å². The molecule has 1 heterocycles. The normalized spacial score (nSPS) is 11.5. The number of amides is 1. The number of rotatable bonds is 3. The molecule has 2 aromatic carbocycles. The lowest BCUT2D eigenvalue weighted by atomic mass is 10.1. The van der Waals surface area contributed by atoms with Crippen molar-refractivity contribution in [3.63, 3.8) is 0 Å². The minimum atomic E-state index is -3.30. The second-order valence-corrected chi connectivity index (χ2v) is 7.74. The van der Waals surface area contributed by atoms with Gasteiger partial charge < -0.3 is 5.32 Å². The van der Waals surface area contributed by atoms with Crippen LogP contribution in [0.1, 0.15) is 16.1 Å². The van der Waals surface area contributed by atoms with Gasteiger partial charge in [0.1, 0.15) is 5.82 Å². The zero-order valence-electron chi connectivity index (χ0n) is 13.6. The summed E-state index contributed by atoms with van der Waals surface area (Å²) in [6.07, 6.45) is 1.12. The molecule has 5 nitrogen and oxygen atoms in total. The molecule has 0 aliphatic carbocycles. The molecule has 0 aliphatic heterocycles. The molecule has 0 atom stereocenters. The molecule has 0 radical (unpaired) electrons. The van der Waals surface area contributed by atoms with Gasteiger partial charge in [-0.1, -0.05) is 0 Å². The summed E-state index contributed by atoms with van der Waals surface area (Å²) in [4.78, 5) is 17.0. The predicted molar refractivity (Wildman–Crippen MR) is 93.9 cm³/mol. The third-order valence-corrected chi connectivity index (χ3v) is 4.81. The molecule has 0 saturated heterocycles. The van der Waals surface area contributed by atoms with Crippen molar-refractivity contribution >= 4 is 32.3 Å². The Morgan fingerprint density at radius 3 is 2.40 bits per heavy atom. The smallest absolute Gasteiger partial charge is 0.256 e. The van der Waals surface area contributed by atoms with Crippen LogP contribution in [0.4, 0.5) is 10.1 Å². The largest absolute Gasteiger partial charge is 0.322 e. The van der Waals surface area contributed by atoms with E-state index in [1.165, 1.54) is 42.5 Å². The van der Waals surface area contributed by atoms with Crippen molar-refractivity contribution < 1.29 is 17.6 Å². The number of hydrogen-bond donors (Lipinski definition) is 1. The van der Waals surface area contributed by atoms with Gasteiger partial charge in [-0.3, -0.25) is 9.78 Å². The van der Waals surface area contributed by atoms with Crippen LogP contribution in [0.25, 0.3) is 10.9 Å². The van der Waals surface area contributed by atoms with Crippen molar-refractivity contribution in [1.29, 1.82) is 0 Å². The fourth-order valence-electron chi connectivity index (χ4n) is 2.51. The molecule has 0 saturated carbocycles. The number of sulfone groups is 1. The minimum absolute atomic E-state index is 0.172. The van der Waals surface area contributed by atoms with Crippen molar-refractivity contribution in [3.8, 4) is 0 Å². The fourth-order valence-corrected chi connectivity index (χ4v) is 3.14. The van der Waals surface area contributed by atoms with Crippen LogP contribution in [0.5, 0.6) is 0 Å². The first-order valence-corrected chi connectivity index (χ1v) is 9.31. The molecule has 3 rings (SSSR count). The Kier molecular flexibility index (Phi) is 4.26. The number of aromatic nitrogens is 1. The van der Waals surface area contributed by atoms with Crippen molar-refractivity contribution in [3.05, 3.63) is 65.6 Å². The number of carbonyl (C=O) groups is 1. The van der Waals surface area contributed by atoms with Gasteiger partial charge in [-0.25, -0.2) is 12.8 Å². The Morgan fingerprint density at radius 1 is 1.08 bits per heavy atom. The second-order valence-electron chi connectivity index (χ2n) is 5.72. The van der Waals surface area contributed by atoms with E-state index in [9.17, 15) is 17.6 Å². The number of halogens is 1. The Hall–Kier alpha value is -2.80. The maximum atomic E-state index is 13.4. The molecule has 0 aliphatic rings. The fraction of sp³-hybridized carbons (Fsp3) is 0.111. The van der Waals surface area contributed by atoms with Crippen molar-refractivity contribution in [2.45, 2.75) is 11.8 Å². The number of hydrogen-bond acceptors (Lipinski definition) is 4. The molecule has 0 spiro atoms. The van der Waals surface area contributed by atoms with E-state index in [1.54, 1.807) is 13.0 Å². The first kappa shape index (κ1) is 17.0. The van der Waals surface area contributed by atoms with Crippen molar-refractivity contribution in [2.24, 2.45) is 0 Å². The number of carbonyl (C=O) groups excluding carboxylic acids is 1. The van der Waals surface area contributed by atoms with Gasteiger partial charge in [-0.05, 0) is 49.4 Å². The molecule has 0 unspecified atom stereocenters. The topological polar surface area (TPSA) is 76.1 Å². The van der Waals surface area contributed by atoms with E-state index in [1.807, 2.05) is 0 Å². The minimum Gasteiger partial charge on any atom is -0.322 e. The highest BCUT2D eigenvalue weighted by molar-refractivity contribution is 7.90. The van der Waals surface area contributed by atoms with Gasteiger partial charge in [0.25, 0.3) is 5.91 Å². The highest BCUT2D eigenvalue weighted by Gasteiger charge is 2.14. The van der Waals surface area contributed by atoms with E-state index in [0.29, 0.717) is 27.8 Å². The first-order valence-electron chi connectivity index (χ1n) is 7.42. The lowest BCUT2D eigenvalue weighted by Crippen LogP contribution is -2.13. The molecule has 0 bridgehead atoms. The first-order chi connectivity index (χ1) is 11.7. The average molecular weight is 358 g/mol. The van der Waals surface area contributed by atoms with Crippen LogP contribution in [0.15, 0.2) is 53.4 Å². The summed E-state index contributed by atoms with van der Waals surface area (Å²) >= 11 is 0. The maximum Gasteiger partial charge on any atom is 0.256 e. The van der Waals surface area contributed by atoms with E-state index < -0.39 is 15.7 Å². The third-order valence-electron chi connectivity index (χ3n) is 3.68. The van der Waals surface area contributed by atoms with Crippen LogP contribution in [-0.4, -0.2) is 25.6 Å². The average Bonchev–Trinajstić information content (AvgIpc) is 2.53. The number of benzene rings is 2. The van der Waals surface area contributed by atoms with Crippen LogP contribution in [0.3, 0.4) is 0 Å². The maximum absolute atomic E-state index is 13.4. The molecule has 0 fully saturated rings. The molecular weight excluding hydrogens is 343 g/mol. The number of fused-ring (bicyclic) bond motifs is 1. The second kappa shape index (κ2) is 6.25. The van der Waals surface area contributed by atoms with E-state index in [4.69, 9.17) is 0 Å². The van der Waals surface area contributed by atoms with Gasteiger partial charge in [0.15, 0.2) is 9.84 Å². The van der Waals surface area contributed by atoms with Crippen LogP contribution < -0.4 is 5.32 Å². The highest BCUT2D eigenvalue weighted by Crippen LogP contribution is 2.21. The molecule has 3 aromatic rings. The van der Waals surface area contributed by atoms with Gasteiger partial charge >= 0.3 is 0 Å². The Balaban J connectivity index is 1.95. The summed E-state index contributed by atoms with van der Waals surface area (Å²) in [7, 11) is -3.30. The third kappa shape index (κ3) is 3.66. The molecule has 1 aromatic heterocycles. The molecule has 1 N–H and O–H groups in total. The van der Waals surface area contributed by atoms with E-state index in [2.05, 4.69) is 10.3 Å². The molecule has 128 valence electrons. The zero-order valence-corrected chi connectivity index (χ0v) is 14.4. The predicted octanol–water partition coefficient (Wildman–Crippen LogP) is 3.34. The van der Waals surface area contributed by atoms with E-state index in [-0.39, 0.29) is 10.8 Å². The van der Waals surface area contributed by atoms with Gasteiger partial charge in [-0.2, -0.15) is 0 Å². The van der Waals surface area contributed by atoms with E-state index in [0.717, 1.165) is 6.26 Å². The summed E-state index contributed by atoms with van der Waals surface area (Å²) in [6, 6.07) is 11.6. The Morgan fingerprint density at radius 2 is 1.76 bits per heavy atom. The molecule has 25 heavy (non-hydrogen) atoms. The van der Waals surface area contributed by atoms with Gasteiger partial charge in [0, 0.05) is 29.1 Å². The lowest BCUT2D eigenvalue weighted by molar-refractivity contribution is 0.102. The Labute approximate surface area is 144 Å². The van der Waals surface area contributed by atoms with Crippen LogP contribution in [0.2, 0.25) is 0 Å². The van der Waals surface area contributed by atoms with Gasteiger partial charge in [-0.15, -0.1) is 0 Å². The zero-order chi connectivity index (χ0) is 18.2. The quantitative estimate of drug-likeness (QED) is 0.779. The summed E-state index contributed by atoms with van der Waals surface area (Å²) < 4.78 is 36.3. The lowest BCUT2D eigenvalue weighted by Gasteiger charge is -2.10. The molecular formula is C18H15FN2O3S. The van der Waals surface area contributed by atoms with Crippen LogP contribution in [-0.2, 0) is 9.84 Å². The van der Waals surface area contributed by atoms with Gasteiger partial charge in [0.05, 0.1) is 16.0 Å². The summed E-state index contributed by atoms with van der Waals surface area (Å²) in [5.74, 6) is -0.803. The molecule has 1 amide bonds. The summed E-state index contributed by atoms with van der Waals surface area (Å²) in [5.41, 5.74) is 1.82. The van der Waals surface area contributed by atoms with Crippen molar-refractivity contribution in [1.82, 2.24) is 4.98 Å². The summed E-state index contributed by atoms with van der Waals surface area (Å²) in [6.45, 7) is 1.72.